The summed E-state index contributed by atoms with van der Waals surface area (Å²) in [6, 6.07) is 8.08. The maximum absolute atomic E-state index is 14.9. The number of hydrogen-bond donors (Lipinski definition) is 1. The molecule has 4 aromatic rings. The Morgan fingerprint density at radius 1 is 1.03 bits per heavy atom. The van der Waals surface area contributed by atoms with Gasteiger partial charge in [0.25, 0.3) is 20.1 Å². The molecule has 0 saturated heterocycles. The summed E-state index contributed by atoms with van der Waals surface area (Å²) in [5.41, 5.74) is 0.621. The Labute approximate surface area is 226 Å². The van der Waals surface area contributed by atoms with Gasteiger partial charge in [0.2, 0.25) is 0 Å². The molecule has 0 fully saturated rings. The van der Waals surface area contributed by atoms with E-state index in [1.807, 2.05) is 27.7 Å². The molecule has 4 rings (SSSR count). The third-order valence-electron chi connectivity index (χ3n) is 6.11. The molecule has 13 heteroatoms. The molecular weight excluding hydrogens is 550 g/mol. The molecule has 0 unspecified atom stereocenters. The smallest absolute Gasteiger partial charge is 0.269 e. The lowest BCUT2D eigenvalue weighted by Gasteiger charge is -2.32. The molecule has 0 saturated carbocycles. The van der Waals surface area contributed by atoms with Crippen LogP contribution in [0.1, 0.15) is 26.3 Å². The minimum absolute atomic E-state index is 0.0102. The van der Waals surface area contributed by atoms with Crippen molar-refractivity contribution in [3.63, 3.8) is 0 Å². The maximum atomic E-state index is 14.9. The van der Waals surface area contributed by atoms with Crippen molar-refractivity contribution in [1.29, 1.82) is 0 Å². The Balaban J connectivity index is 1.83. The van der Waals surface area contributed by atoms with Crippen molar-refractivity contribution in [2.45, 2.75) is 38.6 Å². The predicted octanol–water partition coefficient (Wildman–Crippen LogP) is 4.72. The highest BCUT2D eigenvalue weighted by molar-refractivity contribution is 7.90. The summed E-state index contributed by atoms with van der Waals surface area (Å²) in [5.74, 6) is -1.42. The van der Waals surface area contributed by atoms with Crippen molar-refractivity contribution < 1.29 is 29.8 Å². The molecule has 3 heterocycles. The molecule has 0 aliphatic rings. The lowest BCUT2D eigenvalue weighted by Crippen LogP contribution is -2.39. The Morgan fingerprint density at radius 3 is 2.31 bits per heavy atom. The van der Waals surface area contributed by atoms with Crippen LogP contribution < -0.4 is 5.32 Å². The van der Waals surface area contributed by atoms with E-state index in [2.05, 4.69) is 15.3 Å². The van der Waals surface area contributed by atoms with Gasteiger partial charge in [-0.1, -0.05) is 38.5 Å². The van der Waals surface area contributed by atoms with Crippen molar-refractivity contribution in [1.82, 2.24) is 13.9 Å². The first-order valence-corrected chi connectivity index (χ1v) is 15.1. The molecule has 3 aromatic heterocycles. The van der Waals surface area contributed by atoms with E-state index in [-0.39, 0.29) is 39.5 Å². The summed E-state index contributed by atoms with van der Waals surface area (Å²) in [6.07, 6.45) is 4.04. The summed E-state index contributed by atoms with van der Waals surface area (Å²) in [7, 11) is -7.87. The zero-order valence-corrected chi connectivity index (χ0v) is 23.6. The largest absolute Gasteiger partial charge is 0.377 e. The van der Waals surface area contributed by atoms with Gasteiger partial charge in [-0.3, -0.25) is 9.17 Å². The van der Waals surface area contributed by atoms with Crippen molar-refractivity contribution in [3.8, 4) is 11.3 Å². The number of aryl methyl sites for hydroxylation is 1. The van der Waals surface area contributed by atoms with Crippen LogP contribution in [0.25, 0.3) is 22.3 Å². The second-order valence-corrected chi connectivity index (χ2v) is 13.7. The van der Waals surface area contributed by atoms with E-state index in [9.17, 15) is 25.6 Å². The number of hydrogen-bond acceptors (Lipinski definition) is 8. The SMILES string of the molecule is Cc1ccc(S(=O)(=O)n2cc(-c3cc(N[C@H](COS(C)(=O)=O)C(C)(C)C)c(F)cn3)c3cc(F)cnc32)cc1. The molecule has 0 bridgehead atoms. The number of rotatable bonds is 8. The Morgan fingerprint density at radius 2 is 1.69 bits per heavy atom. The fraction of sp³-hybridized carbons (Fsp3) is 0.308. The number of halogens is 2. The molecule has 1 N–H and O–H groups in total. The molecular formula is C26H28F2N4O5S2. The molecule has 0 aliphatic carbocycles. The van der Waals surface area contributed by atoms with Gasteiger partial charge in [0.1, 0.15) is 5.82 Å². The highest BCUT2D eigenvalue weighted by atomic mass is 32.2. The molecule has 9 nitrogen and oxygen atoms in total. The number of pyridine rings is 2. The predicted molar refractivity (Wildman–Crippen MR) is 144 cm³/mol. The molecule has 208 valence electrons. The Bertz CT molecular complexity index is 1750. The van der Waals surface area contributed by atoms with Crippen LogP contribution in [0, 0.1) is 24.0 Å². The maximum Gasteiger partial charge on any atom is 0.269 e. The quantitative estimate of drug-likeness (QED) is 0.298. The Kier molecular flexibility index (Phi) is 7.54. The fourth-order valence-electron chi connectivity index (χ4n) is 3.85. The number of nitrogens with one attached hydrogen (secondary N) is 1. The second kappa shape index (κ2) is 10.3. The summed E-state index contributed by atoms with van der Waals surface area (Å²) < 4.78 is 85.1. The topological polar surface area (TPSA) is 120 Å². The van der Waals surface area contributed by atoms with E-state index in [1.54, 1.807) is 12.1 Å². The van der Waals surface area contributed by atoms with Crippen LogP contribution >= 0.6 is 0 Å². The molecule has 39 heavy (non-hydrogen) atoms. The number of nitrogens with zero attached hydrogens (tertiary/aromatic N) is 3. The highest BCUT2D eigenvalue weighted by Gasteiger charge is 2.28. The van der Waals surface area contributed by atoms with Crippen LogP contribution in [0.4, 0.5) is 14.5 Å². The highest BCUT2D eigenvalue weighted by Crippen LogP contribution is 2.34. The first-order chi connectivity index (χ1) is 18.1. The summed E-state index contributed by atoms with van der Waals surface area (Å²) in [6.45, 7) is 7.05. The lowest BCUT2D eigenvalue weighted by molar-refractivity contribution is 0.224. The number of anilines is 1. The van der Waals surface area contributed by atoms with Crippen LogP contribution in [0.3, 0.4) is 0 Å². The molecule has 0 spiro atoms. The number of benzene rings is 1. The van der Waals surface area contributed by atoms with Crippen LogP contribution in [-0.2, 0) is 24.3 Å². The van der Waals surface area contributed by atoms with Gasteiger partial charge in [-0.15, -0.1) is 0 Å². The van der Waals surface area contributed by atoms with E-state index in [4.69, 9.17) is 4.18 Å². The Hall–Kier alpha value is -3.42. The first kappa shape index (κ1) is 28.6. The molecule has 0 aliphatic heterocycles. The number of aromatic nitrogens is 3. The van der Waals surface area contributed by atoms with E-state index in [0.29, 0.717) is 0 Å². The normalized spacial score (nSPS) is 13.5. The van der Waals surface area contributed by atoms with Crippen LogP contribution in [0.2, 0.25) is 0 Å². The summed E-state index contributed by atoms with van der Waals surface area (Å²) in [5, 5.41) is 3.13. The van der Waals surface area contributed by atoms with E-state index in [1.165, 1.54) is 24.4 Å². The zero-order valence-electron chi connectivity index (χ0n) is 21.9. The van der Waals surface area contributed by atoms with Gasteiger partial charge in [-0.25, -0.2) is 26.2 Å². The van der Waals surface area contributed by atoms with Gasteiger partial charge in [0, 0.05) is 17.1 Å². The van der Waals surface area contributed by atoms with Crippen molar-refractivity contribution >= 4 is 36.9 Å². The minimum atomic E-state index is -4.12. The standard InChI is InChI=1S/C26H28F2N4O5S2/c1-16-6-8-18(9-7-16)39(35,36)32-14-20(19-10-17(27)12-30-25(19)32)22-11-23(21(28)13-29-22)31-24(26(2,3)4)15-37-38(5,33)34/h6-14,24H,15H2,1-5H3,(H,29,31)/t24-/m1/s1. The van der Waals surface area contributed by atoms with E-state index >= 15 is 0 Å². The summed E-state index contributed by atoms with van der Waals surface area (Å²) >= 11 is 0. The fourth-order valence-corrected chi connectivity index (χ4v) is 5.56. The van der Waals surface area contributed by atoms with E-state index < -0.39 is 43.2 Å². The first-order valence-electron chi connectivity index (χ1n) is 11.8. The zero-order chi connectivity index (χ0) is 28.8. The van der Waals surface area contributed by atoms with Crippen molar-refractivity contribution in [2.24, 2.45) is 5.41 Å². The average molecular weight is 579 g/mol. The van der Waals surface area contributed by atoms with Crippen LogP contribution in [-0.4, -0.2) is 49.7 Å². The average Bonchev–Trinajstić information content (AvgIpc) is 3.21. The lowest BCUT2D eigenvalue weighted by atomic mass is 9.87. The molecule has 0 radical (unpaired) electrons. The van der Waals surface area contributed by atoms with Gasteiger partial charge in [-0.05, 0) is 36.6 Å². The van der Waals surface area contributed by atoms with Crippen molar-refractivity contribution in [2.75, 3.05) is 18.2 Å². The summed E-state index contributed by atoms with van der Waals surface area (Å²) in [4.78, 5) is 8.16. The van der Waals surface area contributed by atoms with E-state index in [0.717, 1.165) is 34.3 Å². The second-order valence-electron chi connectivity index (χ2n) is 10.3. The monoisotopic (exact) mass is 578 g/mol. The minimum Gasteiger partial charge on any atom is -0.377 e. The van der Waals surface area contributed by atoms with Crippen molar-refractivity contribution in [3.05, 3.63) is 72.2 Å². The molecule has 1 aromatic carbocycles. The van der Waals surface area contributed by atoms with Gasteiger partial charge in [-0.2, -0.15) is 8.42 Å². The van der Waals surface area contributed by atoms with Gasteiger partial charge < -0.3 is 5.32 Å². The van der Waals surface area contributed by atoms with Gasteiger partial charge in [0.15, 0.2) is 11.5 Å². The number of fused-ring (bicyclic) bond motifs is 1. The van der Waals surface area contributed by atoms with Crippen LogP contribution in [0.15, 0.2) is 59.9 Å². The molecule has 0 amide bonds. The third kappa shape index (κ3) is 6.26. The van der Waals surface area contributed by atoms with Crippen LogP contribution in [0.5, 0.6) is 0 Å². The van der Waals surface area contributed by atoms with Gasteiger partial charge >= 0.3 is 0 Å². The van der Waals surface area contributed by atoms with Gasteiger partial charge in [0.05, 0.1) is 47.6 Å². The molecule has 1 atom stereocenters. The third-order valence-corrected chi connectivity index (χ3v) is 8.34.